The van der Waals surface area contributed by atoms with E-state index in [0.29, 0.717) is 5.82 Å². The summed E-state index contributed by atoms with van der Waals surface area (Å²) < 4.78 is 9.19. The Morgan fingerprint density at radius 3 is 2.07 bits per heavy atom. The maximum absolute atomic E-state index is 6.79. The van der Waals surface area contributed by atoms with Gasteiger partial charge in [0.1, 0.15) is 11.2 Å². The van der Waals surface area contributed by atoms with Gasteiger partial charge in [-0.05, 0) is 53.2 Å². The summed E-state index contributed by atoms with van der Waals surface area (Å²) in [6.45, 7) is 0. The van der Waals surface area contributed by atoms with Gasteiger partial charge in [-0.15, -0.1) is 0 Å². The van der Waals surface area contributed by atoms with Crippen LogP contribution in [0.2, 0.25) is 0 Å². The van der Waals surface area contributed by atoms with Gasteiger partial charge in [0.25, 0.3) is 0 Å². The Labute approximate surface area is 263 Å². The summed E-state index contributed by atoms with van der Waals surface area (Å²) in [6, 6.07) is 53.0. The minimum atomic E-state index is 0.692. The van der Waals surface area contributed by atoms with E-state index in [4.69, 9.17) is 14.4 Å². The van der Waals surface area contributed by atoms with Gasteiger partial charge in [0.05, 0.1) is 33.3 Å². The molecule has 0 amide bonds. The highest BCUT2D eigenvalue weighted by Crippen LogP contribution is 2.44. The summed E-state index contributed by atoms with van der Waals surface area (Å²) in [7, 11) is 0. The SMILES string of the molecule is c1ccc(-c2nc(-c3ccc(-n4c5ccccc5c5cc6ccccc6cc54)c4c3oc3ccccc34)c3ccccc3n2)cc1. The lowest BCUT2D eigenvalue weighted by Crippen LogP contribution is -1.98. The normalized spacial score (nSPS) is 11.9. The Morgan fingerprint density at radius 2 is 1.20 bits per heavy atom. The Bertz CT molecular complexity index is 2810. The van der Waals surface area contributed by atoms with Crippen molar-refractivity contribution in [3.8, 4) is 28.3 Å². The number of hydrogen-bond donors (Lipinski definition) is 0. The molecule has 214 valence electrons. The van der Waals surface area contributed by atoms with Crippen LogP contribution in [0.4, 0.5) is 0 Å². The first-order chi connectivity index (χ1) is 22.8. The minimum absolute atomic E-state index is 0.692. The zero-order valence-corrected chi connectivity index (χ0v) is 24.7. The lowest BCUT2D eigenvalue weighted by atomic mass is 10.0. The first-order valence-corrected chi connectivity index (χ1v) is 15.5. The van der Waals surface area contributed by atoms with Crippen LogP contribution in [-0.4, -0.2) is 14.5 Å². The third-order valence-electron chi connectivity index (χ3n) is 9.18. The first kappa shape index (κ1) is 25.1. The lowest BCUT2D eigenvalue weighted by molar-refractivity contribution is 0.670. The van der Waals surface area contributed by atoms with E-state index in [2.05, 4.69) is 120 Å². The maximum Gasteiger partial charge on any atom is 0.160 e. The fourth-order valence-electron chi connectivity index (χ4n) is 7.10. The topological polar surface area (TPSA) is 43.9 Å². The lowest BCUT2D eigenvalue weighted by Gasteiger charge is -2.14. The van der Waals surface area contributed by atoms with Gasteiger partial charge in [-0.3, -0.25) is 0 Å². The van der Waals surface area contributed by atoms with E-state index in [1.807, 2.05) is 36.4 Å². The molecule has 0 spiro atoms. The second-order valence-corrected chi connectivity index (χ2v) is 11.8. The van der Waals surface area contributed by atoms with Crippen molar-refractivity contribution in [3.63, 3.8) is 0 Å². The van der Waals surface area contributed by atoms with Crippen LogP contribution in [-0.2, 0) is 0 Å². The van der Waals surface area contributed by atoms with Crippen LogP contribution in [0.3, 0.4) is 0 Å². The molecule has 10 aromatic rings. The molecule has 3 heterocycles. The summed E-state index contributed by atoms with van der Waals surface area (Å²) in [4.78, 5) is 10.2. The maximum atomic E-state index is 6.79. The van der Waals surface area contributed by atoms with Crippen LogP contribution >= 0.6 is 0 Å². The molecular weight excluding hydrogens is 562 g/mol. The molecule has 0 aliphatic heterocycles. The Balaban J connectivity index is 1.34. The molecule has 0 aliphatic carbocycles. The molecule has 4 nitrogen and oxygen atoms in total. The summed E-state index contributed by atoms with van der Waals surface area (Å²) in [5.41, 5.74) is 8.73. The van der Waals surface area contributed by atoms with E-state index < -0.39 is 0 Å². The van der Waals surface area contributed by atoms with Crippen molar-refractivity contribution in [1.82, 2.24) is 14.5 Å². The molecule has 3 aromatic heterocycles. The molecule has 0 atom stereocenters. The van der Waals surface area contributed by atoms with Crippen LogP contribution in [0.5, 0.6) is 0 Å². The molecular formula is C42H25N3O. The molecule has 0 N–H and O–H groups in total. The molecule has 46 heavy (non-hydrogen) atoms. The molecule has 0 saturated heterocycles. The third-order valence-corrected chi connectivity index (χ3v) is 9.18. The molecule has 10 rings (SSSR count). The zero-order valence-electron chi connectivity index (χ0n) is 24.7. The van der Waals surface area contributed by atoms with Crippen LogP contribution in [0.25, 0.3) is 93.8 Å². The van der Waals surface area contributed by atoms with Gasteiger partial charge < -0.3 is 8.98 Å². The Kier molecular flexibility index (Phi) is 5.25. The largest absolute Gasteiger partial charge is 0.455 e. The van der Waals surface area contributed by atoms with E-state index in [9.17, 15) is 0 Å². The predicted octanol–water partition coefficient (Wildman–Crippen LogP) is 11.1. The van der Waals surface area contributed by atoms with E-state index in [1.165, 1.54) is 21.5 Å². The number of para-hydroxylation sites is 3. The van der Waals surface area contributed by atoms with Gasteiger partial charge in [0, 0.05) is 32.7 Å². The third kappa shape index (κ3) is 3.61. The van der Waals surface area contributed by atoms with Crippen molar-refractivity contribution < 1.29 is 4.42 Å². The van der Waals surface area contributed by atoms with Crippen molar-refractivity contribution in [3.05, 3.63) is 152 Å². The molecule has 0 unspecified atom stereocenters. The summed E-state index contributed by atoms with van der Waals surface area (Å²) >= 11 is 0. The number of nitrogens with zero attached hydrogens (tertiary/aromatic N) is 3. The van der Waals surface area contributed by atoms with Crippen molar-refractivity contribution in [2.45, 2.75) is 0 Å². The van der Waals surface area contributed by atoms with Gasteiger partial charge in [0.2, 0.25) is 0 Å². The monoisotopic (exact) mass is 587 g/mol. The molecule has 0 saturated carbocycles. The second-order valence-electron chi connectivity index (χ2n) is 11.8. The Hall–Kier alpha value is -6.26. The minimum Gasteiger partial charge on any atom is -0.455 e. The van der Waals surface area contributed by atoms with Crippen LogP contribution in [0.15, 0.2) is 156 Å². The van der Waals surface area contributed by atoms with E-state index in [1.54, 1.807) is 0 Å². The summed E-state index contributed by atoms with van der Waals surface area (Å²) in [6.07, 6.45) is 0. The molecule has 0 bridgehead atoms. The highest BCUT2D eigenvalue weighted by Gasteiger charge is 2.23. The first-order valence-electron chi connectivity index (χ1n) is 15.5. The van der Waals surface area contributed by atoms with Crippen LogP contribution in [0.1, 0.15) is 0 Å². The van der Waals surface area contributed by atoms with Gasteiger partial charge in [-0.1, -0.05) is 109 Å². The predicted molar refractivity (Wildman–Crippen MR) is 190 cm³/mol. The summed E-state index contributed by atoms with van der Waals surface area (Å²) in [5.74, 6) is 0.692. The number of fused-ring (bicyclic) bond motifs is 8. The van der Waals surface area contributed by atoms with E-state index in [0.717, 1.165) is 66.4 Å². The van der Waals surface area contributed by atoms with Crippen molar-refractivity contribution in [2.75, 3.05) is 0 Å². The fourth-order valence-corrected chi connectivity index (χ4v) is 7.10. The van der Waals surface area contributed by atoms with Gasteiger partial charge in [-0.2, -0.15) is 0 Å². The highest BCUT2D eigenvalue weighted by molar-refractivity contribution is 6.19. The standard InChI is InChI=1S/C42H25N3O/c1-2-12-26(13-3-1)42-43-34-19-9-6-17-30(34)40(44-42)32-22-23-36(39-31-18-8-11-21-38(31)46-41(32)39)45-35-20-10-7-16-29(35)33-24-27-14-4-5-15-28(27)25-37(33)45/h1-25H. The molecule has 0 fully saturated rings. The van der Waals surface area contributed by atoms with E-state index >= 15 is 0 Å². The second kappa shape index (κ2) is 9.62. The zero-order chi connectivity index (χ0) is 30.2. The van der Waals surface area contributed by atoms with E-state index in [-0.39, 0.29) is 0 Å². The molecule has 0 radical (unpaired) electrons. The van der Waals surface area contributed by atoms with Gasteiger partial charge >= 0.3 is 0 Å². The van der Waals surface area contributed by atoms with Crippen molar-refractivity contribution >= 4 is 65.4 Å². The number of aromatic nitrogens is 3. The van der Waals surface area contributed by atoms with Crippen LogP contribution < -0.4 is 0 Å². The fraction of sp³-hybridized carbons (Fsp3) is 0. The highest BCUT2D eigenvalue weighted by atomic mass is 16.3. The molecule has 7 aromatic carbocycles. The van der Waals surface area contributed by atoms with Crippen LogP contribution in [0, 0.1) is 0 Å². The number of benzene rings is 7. The number of furan rings is 1. The summed E-state index contributed by atoms with van der Waals surface area (Å²) in [5, 5.41) is 8.02. The van der Waals surface area contributed by atoms with Crippen molar-refractivity contribution in [2.24, 2.45) is 0 Å². The number of rotatable bonds is 3. The van der Waals surface area contributed by atoms with Gasteiger partial charge in [0.15, 0.2) is 5.82 Å². The molecule has 0 aliphatic rings. The van der Waals surface area contributed by atoms with Crippen molar-refractivity contribution in [1.29, 1.82) is 0 Å². The smallest absolute Gasteiger partial charge is 0.160 e. The average Bonchev–Trinajstić information content (AvgIpc) is 3.66. The Morgan fingerprint density at radius 1 is 0.500 bits per heavy atom. The molecule has 4 heteroatoms. The average molecular weight is 588 g/mol. The van der Waals surface area contributed by atoms with Gasteiger partial charge in [-0.25, -0.2) is 9.97 Å². The number of hydrogen-bond acceptors (Lipinski definition) is 3. The quantitative estimate of drug-likeness (QED) is 0.207.